The molecule has 2 amide bonds. The molecule has 1 aliphatic rings. The van der Waals surface area contributed by atoms with Gasteiger partial charge >= 0.3 is 12.2 Å². The third kappa shape index (κ3) is 5.68. The molecule has 2 atom stereocenters. The van der Waals surface area contributed by atoms with Crippen molar-refractivity contribution in [2.75, 3.05) is 5.32 Å². The molecule has 1 aromatic heterocycles. The molecule has 0 aromatic carbocycles. The Kier molecular flexibility index (Phi) is 6.09. The van der Waals surface area contributed by atoms with E-state index >= 15 is 0 Å². The molecule has 27 heavy (non-hydrogen) atoms. The van der Waals surface area contributed by atoms with E-state index in [1.807, 2.05) is 6.92 Å². The Morgan fingerprint density at radius 1 is 1.44 bits per heavy atom. The van der Waals surface area contributed by atoms with Crippen LogP contribution in [0.25, 0.3) is 0 Å². The highest BCUT2D eigenvalue weighted by molar-refractivity contribution is 6.02. The van der Waals surface area contributed by atoms with Crippen LogP contribution in [0.4, 0.5) is 23.7 Å². The van der Waals surface area contributed by atoms with E-state index in [9.17, 15) is 23.1 Å². The summed E-state index contributed by atoms with van der Waals surface area (Å²) >= 11 is 0. The van der Waals surface area contributed by atoms with Gasteiger partial charge in [0.1, 0.15) is 5.84 Å². The minimum atomic E-state index is -4.87. The molecule has 0 radical (unpaired) electrons. The second-order valence-electron chi connectivity index (χ2n) is 6.62. The van der Waals surface area contributed by atoms with Crippen LogP contribution in [-0.2, 0) is 5.60 Å². The largest absolute Gasteiger partial charge is 0.422 e. The second kappa shape index (κ2) is 7.95. The van der Waals surface area contributed by atoms with Gasteiger partial charge in [-0.3, -0.25) is 15.7 Å². The van der Waals surface area contributed by atoms with E-state index in [-0.39, 0.29) is 17.6 Å². The zero-order valence-corrected chi connectivity index (χ0v) is 14.9. The van der Waals surface area contributed by atoms with E-state index in [1.54, 1.807) is 0 Å². The number of nitrogens with one attached hydrogen (secondary N) is 4. The highest BCUT2D eigenvalue weighted by atomic mass is 19.4. The Labute approximate surface area is 154 Å². The number of carbonyl (C=O) groups is 1. The van der Waals surface area contributed by atoms with E-state index < -0.39 is 23.5 Å². The summed E-state index contributed by atoms with van der Waals surface area (Å²) in [5, 5.41) is 25.1. The SMILES string of the molecule is C[C@H](NC(=O)NC(=N)/C=C\Nc1ccnc(C(C)(O)C(F)(F)F)c1)C1CC1. The van der Waals surface area contributed by atoms with Crippen LogP contribution in [0.5, 0.6) is 0 Å². The first-order valence-corrected chi connectivity index (χ1v) is 8.35. The van der Waals surface area contributed by atoms with E-state index in [2.05, 4.69) is 20.9 Å². The number of rotatable bonds is 6. The maximum absolute atomic E-state index is 12.9. The van der Waals surface area contributed by atoms with Gasteiger partial charge in [0.05, 0.1) is 5.69 Å². The van der Waals surface area contributed by atoms with Gasteiger partial charge in [-0.05, 0) is 50.8 Å². The summed E-state index contributed by atoms with van der Waals surface area (Å²) in [6, 6.07) is 2.01. The van der Waals surface area contributed by atoms with Crippen molar-refractivity contribution in [2.24, 2.45) is 5.92 Å². The number of hydrogen-bond acceptors (Lipinski definition) is 5. The first-order chi connectivity index (χ1) is 12.5. The van der Waals surface area contributed by atoms with Crippen molar-refractivity contribution in [1.82, 2.24) is 15.6 Å². The van der Waals surface area contributed by atoms with Gasteiger partial charge in [0, 0.05) is 24.1 Å². The van der Waals surface area contributed by atoms with Crippen molar-refractivity contribution >= 4 is 17.6 Å². The first kappa shape index (κ1) is 20.7. The van der Waals surface area contributed by atoms with E-state index in [0.717, 1.165) is 25.1 Å². The van der Waals surface area contributed by atoms with Crippen LogP contribution in [-0.4, -0.2) is 34.2 Å². The molecule has 2 rings (SSSR count). The van der Waals surface area contributed by atoms with Crippen molar-refractivity contribution in [3.8, 4) is 0 Å². The molecule has 1 heterocycles. The summed E-state index contributed by atoms with van der Waals surface area (Å²) in [7, 11) is 0. The fourth-order valence-corrected chi connectivity index (χ4v) is 2.27. The summed E-state index contributed by atoms with van der Waals surface area (Å²) < 4.78 is 38.6. The fraction of sp³-hybridized carbons (Fsp3) is 0.471. The predicted octanol–water partition coefficient (Wildman–Crippen LogP) is 2.85. The molecule has 0 aliphatic heterocycles. The summed E-state index contributed by atoms with van der Waals surface area (Å²) in [5.74, 6) is 0.288. The Morgan fingerprint density at radius 2 is 2.11 bits per heavy atom. The standard InChI is InChI=1S/C17H22F3N5O2/c1-10(11-3-4-11)24-15(26)25-14(21)6-8-22-12-5-7-23-13(9-12)16(2,27)17(18,19)20/h5-11,27H,3-4H2,1-2H3,(H,22,23)(H3,21,24,25,26)/b8-6-/t10-,16?/m0/s1. The summed E-state index contributed by atoms with van der Waals surface area (Å²) in [5.41, 5.74) is -3.41. The number of aromatic nitrogens is 1. The molecule has 0 bridgehead atoms. The molecule has 7 nitrogen and oxygen atoms in total. The van der Waals surface area contributed by atoms with Crippen LogP contribution in [0, 0.1) is 11.3 Å². The van der Waals surface area contributed by atoms with Gasteiger partial charge in [-0.25, -0.2) is 4.79 Å². The Hall–Kier alpha value is -2.62. The number of carbonyl (C=O) groups excluding carboxylic acids is 1. The number of nitrogens with zero attached hydrogens (tertiary/aromatic N) is 1. The molecule has 1 saturated carbocycles. The summed E-state index contributed by atoms with van der Waals surface area (Å²) in [6.45, 7) is 2.52. The molecule has 1 aromatic rings. The van der Waals surface area contributed by atoms with Gasteiger partial charge in [0.25, 0.3) is 0 Å². The minimum absolute atomic E-state index is 0.0385. The van der Waals surface area contributed by atoms with Crippen molar-refractivity contribution in [1.29, 1.82) is 5.41 Å². The van der Waals surface area contributed by atoms with Gasteiger partial charge < -0.3 is 15.7 Å². The average molecular weight is 385 g/mol. The van der Waals surface area contributed by atoms with E-state index in [0.29, 0.717) is 12.8 Å². The zero-order chi connectivity index (χ0) is 20.2. The van der Waals surface area contributed by atoms with Crippen molar-refractivity contribution < 1.29 is 23.1 Å². The molecule has 1 aliphatic carbocycles. The van der Waals surface area contributed by atoms with Crippen molar-refractivity contribution in [3.63, 3.8) is 0 Å². The van der Waals surface area contributed by atoms with Gasteiger partial charge in [-0.1, -0.05) is 0 Å². The molecule has 0 saturated heterocycles. The van der Waals surface area contributed by atoms with Gasteiger partial charge in [-0.2, -0.15) is 13.2 Å². The second-order valence-corrected chi connectivity index (χ2v) is 6.62. The highest BCUT2D eigenvalue weighted by Crippen LogP contribution is 2.38. The van der Waals surface area contributed by atoms with Crippen molar-refractivity contribution in [3.05, 3.63) is 36.3 Å². The third-order valence-corrected chi connectivity index (χ3v) is 4.25. The lowest BCUT2D eigenvalue weighted by Gasteiger charge is -2.25. The zero-order valence-electron chi connectivity index (χ0n) is 14.9. The highest BCUT2D eigenvalue weighted by Gasteiger charge is 2.52. The molecule has 10 heteroatoms. The normalized spacial score (nSPS) is 17.9. The number of pyridine rings is 1. The van der Waals surface area contributed by atoms with Gasteiger partial charge in [-0.15, -0.1) is 0 Å². The monoisotopic (exact) mass is 385 g/mol. The molecule has 0 spiro atoms. The summed E-state index contributed by atoms with van der Waals surface area (Å²) in [6.07, 6.45) is 0.945. The van der Waals surface area contributed by atoms with Gasteiger partial charge in [0.2, 0.25) is 0 Å². The Morgan fingerprint density at radius 3 is 2.70 bits per heavy atom. The maximum Gasteiger partial charge on any atom is 0.422 e. The smallest absolute Gasteiger partial charge is 0.375 e. The molecule has 1 fully saturated rings. The number of anilines is 1. The van der Waals surface area contributed by atoms with Crippen LogP contribution < -0.4 is 16.0 Å². The number of amides is 2. The lowest BCUT2D eigenvalue weighted by Crippen LogP contribution is -2.43. The van der Waals surface area contributed by atoms with Crippen LogP contribution in [0.15, 0.2) is 30.6 Å². The predicted molar refractivity (Wildman–Crippen MR) is 94.2 cm³/mol. The maximum atomic E-state index is 12.9. The summed E-state index contributed by atoms with van der Waals surface area (Å²) in [4.78, 5) is 15.3. The molecule has 5 N–H and O–H groups in total. The van der Waals surface area contributed by atoms with E-state index in [4.69, 9.17) is 5.41 Å². The lowest BCUT2D eigenvalue weighted by atomic mass is 10.0. The van der Waals surface area contributed by atoms with Crippen LogP contribution in [0.3, 0.4) is 0 Å². The van der Waals surface area contributed by atoms with Crippen LogP contribution in [0.2, 0.25) is 0 Å². The Bertz CT molecular complexity index is 730. The minimum Gasteiger partial charge on any atom is -0.375 e. The number of hydrogen-bond donors (Lipinski definition) is 5. The van der Waals surface area contributed by atoms with Crippen molar-refractivity contribution in [2.45, 2.75) is 44.5 Å². The average Bonchev–Trinajstić information content (AvgIpc) is 3.38. The topological polar surface area (TPSA) is 110 Å². The number of amidine groups is 1. The number of alkyl halides is 3. The quantitative estimate of drug-likeness (QED) is 0.383. The first-order valence-electron chi connectivity index (χ1n) is 8.35. The molecular weight excluding hydrogens is 363 g/mol. The molecule has 1 unspecified atom stereocenters. The molecule has 148 valence electrons. The molecular formula is C17H22F3N5O2. The fourth-order valence-electron chi connectivity index (χ4n) is 2.27. The Balaban J connectivity index is 1.89. The third-order valence-electron chi connectivity index (χ3n) is 4.25. The number of aliphatic hydroxyl groups is 1. The lowest BCUT2D eigenvalue weighted by molar-refractivity contribution is -0.260. The van der Waals surface area contributed by atoms with Crippen LogP contribution >= 0.6 is 0 Å². The number of urea groups is 1. The van der Waals surface area contributed by atoms with E-state index in [1.165, 1.54) is 18.3 Å². The number of halogens is 3. The van der Waals surface area contributed by atoms with Gasteiger partial charge in [0.15, 0.2) is 5.60 Å². The van der Waals surface area contributed by atoms with Crippen LogP contribution in [0.1, 0.15) is 32.4 Å².